The molecule has 4 heteroatoms. The molecule has 0 aliphatic carbocycles. The van der Waals surface area contributed by atoms with Gasteiger partial charge in [-0.05, 0) is 18.1 Å². The fraction of sp³-hybridized carbons (Fsp3) is 0.417. The van der Waals surface area contributed by atoms with Crippen molar-refractivity contribution in [1.29, 1.82) is 0 Å². The van der Waals surface area contributed by atoms with Crippen LogP contribution in [-0.4, -0.2) is 23.8 Å². The summed E-state index contributed by atoms with van der Waals surface area (Å²) >= 11 is 5.96. The van der Waals surface area contributed by atoms with E-state index in [1.54, 1.807) is 6.07 Å². The number of benzene rings is 1. The number of aliphatic carboxylic acids is 1. The zero-order valence-electron chi connectivity index (χ0n) is 9.15. The molecule has 3 nitrogen and oxygen atoms in total. The van der Waals surface area contributed by atoms with E-state index < -0.39 is 12.1 Å². The highest BCUT2D eigenvalue weighted by Gasteiger charge is 2.19. The van der Waals surface area contributed by atoms with Gasteiger partial charge in [-0.25, -0.2) is 4.79 Å². The quantitative estimate of drug-likeness (QED) is 0.834. The molecule has 16 heavy (non-hydrogen) atoms. The van der Waals surface area contributed by atoms with Gasteiger partial charge in [0, 0.05) is 18.1 Å². The number of carboxylic acids is 1. The number of rotatable bonds is 6. The lowest BCUT2D eigenvalue weighted by molar-refractivity contribution is -0.150. The Kier molecular flexibility index (Phi) is 5.29. The van der Waals surface area contributed by atoms with Crippen LogP contribution in [0.25, 0.3) is 0 Å². The molecular weight excluding hydrogens is 228 g/mol. The second-order valence-corrected chi connectivity index (χ2v) is 3.90. The molecule has 0 amide bonds. The predicted molar refractivity (Wildman–Crippen MR) is 62.8 cm³/mol. The molecule has 0 spiro atoms. The van der Waals surface area contributed by atoms with Crippen molar-refractivity contribution in [3.63, 3.8) is 0 Å². The Morgan fingerprint density at radius 1 is 1.50 bits per heavy atom. The smallest absolute Gasteiger partial charge is 0.333 e. The number of carboxylic acid groups (broad SMARTS) is 1. The summed E-state index contributed by atoms with van der Waals surface area (Å²) < 4.78 is 5.25. The van der Waals surface area contributed by atoms with Gasteiger partial charge in [0.25, 0.3) is 0 Å². The normalized spacial score (nSPS) is 12.4. The molecule has 0 heterocycles. The van der Waals surface area contributed by atoms with Crippen molar-refractivity contribution in [2.75, 3.05) is 6.61 Å². The molecule has 0 radical (unpaired) electrons. The summed E-state index contributed by atoms with van der Waals surface area (Å²) in [6, 6.07) is 7.21. The van der Waals surface area contributed by atoms with Gasteiger partial charge in [-0.15, -0.1) is 0 Å². The molecule has 0 aliphatic rings. The summed E-state index contributed by atoms with van der Waals surface area (Å²) in [5.41, 5.74) is 0.799. The highest BCUT2D eigenvalue weighted by atomic mass is 35.5. The van der Waals surface area contributed by atoms with Crippen molar-refractivity contribution in [2.45, 2.75) is 25.9 Å². The molecule has 0 saturated carbocycles. The minimum atomic E-state index is -0.951. The summed E-state index contributed by atoms with van der Waals surface area (Å²) in [6.45, 7) is 2.38. The highest BCUT2D eigenvalue weighted by Crippen LogP contribution is 2.17. The van der Waals surface area contributed by atoms with E-state index in [1.165, 1.54) is 0 Å². The summed E-state index contributed by atoms with van der Waals surface area (Å²) in [4.78, 5) is 11.0. The standard InChI is InChI=1S/C12H15ClO3/c1-2-7-16-11(12(14)15)8-9-5-3-4-6-10(9)13/h3-6,11H,2,7-8H2,1H3,(H,14,15)/t11-/m1/s1. The lowest BCUT2D eigenvalue weighted by atomic mass is 10.1. The molecule has 1 aromatic carbocycles. The molecule has 1 aromatic rings. The predicted octanol–water partition coefficient (Wildman–Crippen LogP) is 2.76. The Hall–Kier alpha value is -1.06. The van der Waals surface area contributed by atoms with Crippen molar-refractivity contribution in [3.05, 3.63) is 34.9 Å². The Balaban J connectivity index is 2.68. The summed E-state index contributed by atoms with van der Waals surface area (Å²) in [6.07, 6.45) is 0.279. The van der Waals surface area contributed by atoms with Gasteiger partial charge in [-0.1, -0.05) is 36.7 Å². The third-order valence-corrected chi connectivity index (χ3v) is 2.53. The Bertz CT molecular complexity index is 352. The Morgan fingerprint density at radius 3 is 2.75 bits per heavy atom. The summed E-state index contributed by atoms with van der Waals surface area (Å²) in [5.74, 6) is -0.951. The van der Waals surface area contributed by atoms with Crippen molar-refractivity contribution in [3.8, 4) is 0 Å². The van der Waals surface area contributed by atoms with Crippen LogP contribution >= 0.6 is 11.6 Å². The fourth-order valence-corrected chi connectivity index (χ4v) is 1.55. The van der Waals surface area contributed by atoms with Gasteiger partial charge in [0.2, 0.25) is 0 Å². The summed E-state index contributed by atoms with van der Waals surface area (Å²) in [5, 5.41) is 9.56. The number of hydrogen-bond donors (Lipinski definition) is 1. The maximum atomic E-state index is 11.0. The minimum Gasteiger partial charge on any atom is -0.479 e. The molecule has 0 aliphatic heterocycles. The summed E-state index contributed by atoms with van der Waals surface area (Å²) in [7, 11) is 0. The Labute approximate surface area is 100.0 Å². The van der Waals surface area contributed by atoms with Gasteiger partial charge < -0.3 is 9.84 Å². The van der Waals surface area contributed by atoms with Crippen molar-refractivity contribution in [1.82, 2.24) is 0 Å². The maximum absolute atomic E-state index is 11.0. The second kappa shape index (κ2) is 6.51. The minimum absolute atomic E-state index is 0.301. The molecular formula is C12H15ClO3. The zero-order chi connectivity index (χ0) is 12.0. The molecule has 0 bridgehead atoms. The first-order valence-electron chi connectivity index (χ1n) is 5.23. The van der Waals surface area contributed by atoms with Crippen LogP contribution in [0.15, 0.2) is 24.3 Å². The van der Waals surface area contributed by atoms with E-state index >= 15 is 0 Å². The van der Waals surface area contributed by atoms with Gasteiger partial charge >= 0.3 is 5.97 Å². The first-order chi connectivity index (χ1) is 7.65. The van der Waals surface area contributed by atoms with E-state index in [-0.39, 0.29) is 0 Å². The lowest BCUT2D eigenvalue weighted by Crippen LogP contribution is -2.26. The van der Waals surface area contributed by atoms with E-state index in [9.17, 15) is 4.79 Å². The highest BCUT2D eigenvalue weighted by molar-refractivity contribution is 6.31. The van der Waals surface area contributed by atoms with Gasteiger partial charge in [0.1, 0.15) is 0 Å². The van der Waals surface area contributed by atoms with E-state index in [2.05, 4.69) is 0 Å². The molecule has 88 valence electrons. The number of ether oxygens (including phenoxy) is 1. The average molecular weight is 243 g/mol. The van der Waals surface area contributed by atoms with Gasteiger partial charge in [-0.3, -0.25) is 0 Å². The van der Waals surface area contributed by atoms with Crippen LogP contribution in [-0.2, 0) is 16.0 Å². The third-order valence-electron chi connectivity index (χ3n) is 2.16. The van der Waals surface area contributed by atoms with Gasteiger partial charge in [-0.2, -0.15) is 0 Å². The van der Waals surface area contributed by atoms with E-state index in [4.69, 9.17) is 21.4 Å². The number of hydrogen-bond acceptors (Lipinski definition) is 2. The molecule has 0 aromatic heterocycles. The van der Waals surface area contributed by atoms with Crippen LogP contribution in [0.3, 0.4) is 0 Å². The van der Waals surface area contributed by atoms with Gasteiger partial charge in [0.15, 0.2) is 6.10 Å². The van der Waals surface area contributed by atoms with Crippen LogP contribution in [0.5, 0.6) is 0 Å². The van der Waals surface area contributed by atoms with Crippen LogP contribution in [0.4, 0.5) is 0 Å². The molecule has 0 saturated heterocycles. The maximum Gasteiger partial charge on any atom is 0.333 e. The van der Waals surface area contributed by atoms with E-state index in [1.807, 2.05) is 25.1 Å². The first kappa shape index (κ1) is 13.0. The SMILES string of the molecule is CCCO[C@H](Cc1ccccc1Cl)C(=O)O. The molecule has 1 atom stereocenters. The Morgan fingerprint density at radius 2 is 2.19 bits per heavy atom. The lowest BCUT2D eigenvalue weighted by Gasteiger charge is -2.13. The topological polar surface area (TPSA) is 46.5 Å². The fourth-order valence-electron chi connectivity index (χ4n) is 1.34. The molecule has 0 fully saturated rings. The van der Waals surface area contributed by atoms with Crippen LogP contribution < -0.4 is 0 Å². The first-order valence-corrected chi connectivity index (χ1v) is 5.60. The largest absolute Gasteiger partial charge is 0.479 e. The molecule has 0 unspecified atom stereocenters. The monoisotopic (exact) mass is 242 g/mol. The van der Waals surface area contributed by atoms with Crippen LogP contribution in [0.2, 0.25) is 5.02 Å². The second-order valence-electron chi connectivity index (χ2n) is 3.49. The third kappa shape index (κ3) is 3.83. The van der Waals surface area contributed by atoms with Crippen molar-refractivity contribution < 1.29 is 14.6 Å². The van der Waals surface area contributed by atoms with Crippen molar-refractivity contribution >= 4 is 17.6 Å². The molecule has 1 N–H and O–H groups in total. The van der Waals surface area contributed by atoms with Gasteiger partial charge in [0.05, 0.1) is 0 Å². The van der Waals surface area contributed by atoms with Crippen LogP contribution in [0.1, 0.15) is 18.9 Å². The van der Waals surface area contributed by atoms with Crippen LogP contribution in [0, 0.1) is 0 Å². The molecule has 1 rings (SSSR count). The van der Waals surface area contributed by atoms with Crippen molar-refractivity contribution in [2.24, 2.45) is 0 Å². The zero-order valence-corrected chi connectivity index (χ0v) is 9.91. The number of halogens is 1. The number of carbonyl (C=O) groups is 1. The van der Waals surface area contributed by atoms with E-state index in [0.29, 0.717) is 18.1 Å². The average Bonchev–Trinajstić information content (AvgIpc) is 2.26. The van der Waals surface area contributed by atoms with E-state index in [0.717, 1.165) is 12.0 Å².